The zero-order chi connectivity index (χ0) is 16.5. The highest BCUT2D eigenvalue weighted by Crippen LogP contribution is 2.37. The summed E-state index contributed by atoms with van der Waals surface area (Å²) in [6.45, 7) is 4.65. The molecule has 1 fully saturated rings. The summed E-state index contributed by atoms with van der Waals surface area (Å²) < 4.78 is 40.7. The third kappa shape index (κ3) is 3.76. The van der Waals surface area contributed by atoms with E-state index in [1.165, 1.54) is 6.33 Å². The fourth-order valence-electron chi connectivity index (χ4n) is 2.74. The predicted octanol–water partition coefficient (Wildman–Crippen LogP) is 1.03. The minimum Gasteiger partial charge on any atom is -0.369 e. The van der Waals surface area contributed by atoms with Crippen LogP contribution in [0.2, 0.25) is 0 Å². The molecule has 2 rings (SSSR count). The lowest BCUT2D eigenvalue weighted by atomic mass is 9.95. The van der Waals surface area contributed by atoms with Gasteiger partial charge < -0.3 is 5.73 Å². The molecule has 22 heavy (non-hydrogen) atoms. The van der Waals surface area contributed by atoms with E-state index < -0.39 is 23.9 Å². The number of nitrogens with zero attached hydrogens (tertiary/aromatic N) is 4. The first-order chi connectivity index (χ1) is 10.2. The van der Waals surface area contributed by atoms with Crippen LogP contribution in [0, 0.1) is 17.8 Å². The van der Waals surface area contributed by atoms with Crippen molar-refractivity contribution in [3.63, 3.8) is 0 Å². The van der Waals surface area contributed by atoms with Gasteiger partial charge in [0.25, 0.3) is 0 Å². The number of primary amides is 1. The third-order valence-corrected chi connectivity index (χ3v) is 3.78. The number of halogens is 3. The van der Waals surface area contributed by atoms with Crippen molar-refractivity contribution in [2.24, 2.45) is 23.5 Å². The van der Waals surface area contributed by atoms with E-state index in [4.69, 9.17) is 5.73 Å². The minimum absolute atomic E-state index is 0.00590. The maximum absolute atomic E-state index is 13.0. The van der Waals surface area contributed by atoms with E-state index in [1.807, 2.05) is 13.8 Å². The van der Waals surface area contributed by atoms with Crippen molar-refractivity contribution >= 4 is 5.91 Å². The standard InChI is InChI=1S/C13H20F3N5O/c1-8(2)3-21-11(18-7-19-21)6-20-4-9(12(17)22)10(5-20)13(14,15)16/h7-10H,3-6H2,1-2H3,(H2,17,22)/t9-,10-/m1/s1. The number of carbonyl (C=O) groups is 1. The van der Waals surface area contributed by atoms with Gasteiger partial charge in [0.15, 0.2) is 0 Å². The Balaban J connectivity index is 2.09. The van der Waals surface area contributed by atoms with Crippen molar-refractivity contribution in [1.82, 2.24) is 19.7 Å². The summed E-state index contributed by atoms with van der Waals surface area (Å²) in [6, 6.07) is 0. The molecular weight excluding hydrogens is 299 g/mol. The van der Waals surface area contributed by atoms with Crippen molar-refractivity contribution in [3.8, 4) is 0 Å². The van der Waals surface area contributed by atoms with E-state index in [0.29, 0.717) is 18.3 Å². The molecule has 6 nitrogen and oxygen atoms in total. The second-order valence-corrected chi connectivity index (χ2v) is 6.10. The summed E-state index contributed by atoms with van der Waals surface area (Å²) in [6.07, 6.45) is -3.04. The topological polar surface area (TPSA) is 77.0 Å². The molecule has 0 spiro atoms. The number of rotatable bonds is 5. The van der Waals surface area contributed by atoms with Gasteiger partial charge in [-0.25, -0.2) is 9.67 Å². The Morgan fingerprint density at radius 1 is 1.45 bits per heavy atom. The lowest BCUT2D eigenvalue weighted by molar-refractivity contribution is -0.182. The minimum atomic E-state index is -4.43. The number of nitrogens with two attached hydrogens (primary N) is 1. The van der Waals surface area contributed by atoms with Crippen molar-refractivity contribution in [3.05, 3.63) is 12.2 Å². The zero-order valence-corrected chi connectivity index (χ0v) is 12.5. The first kappa shape index (κ1) is 16.7. The molecule has 1 amide bonds. The zero-order valence-electron chi connectivity index (χ0n) is 12.5. The normalized spacial score (nSPS) is 23.4. The number of carbonyl (C=O) groups excluding carboxylic acids is 1. The molecule has 1 aromatic heterocycles. The molecule has 0 bridgehead atoms. The number of hydrogen-bond acceptors (Lipinski definition) is 4. The van der Waals surface area contributed by atoms with E-state index in [2.05, 4.69) is 10.1 Å². The Hall–Kier alpha value is -1.64. The van der Waals surface area contributed by atoms with Crippen LogP contribution in [-0.2, 0) is 17.9 Å². The van der Waals surface area contributed by atoms with Crippen LogP contribution in [0.25, 0.3) is 0 Å². The lowest BCUT2D eigenvalue weighted by Crippen LogP contribution is -2.37. The molecule has 2 atom stereocenters. The van der Waals surface area contributed by atoms with Gasteiger partial charge >= 0.3 is 6.18 Å². The first-order valence-corrected chi connectivity index (χ1v) is 7.13. The summed E-state index contributed by atoms with van der Waals surface area (Å²) in [5.74, 6) is -2.89. The van der Waals surface area contributed by atoms with E-state index in [0.717, 1.165) is 0 Å². The van der Waals surface area contributed by atoms with Crippen LogP contribution in [0.4, 0.5) is 13.2 Å². The Morgan fingerprint density at radius 3 is 2.64 bits per heavy atom. The molecule has 2 heterocycles. The Bertz CT molecular complexity index is 528. The Morgan fingerprint density at radius 2 is 2.14 bits per heavy atom. The Labute approximate surface area is 126 Å². The summed E-state index contributed by atoms with van der Waals surface area (Å²) in [5, 5.41) is 4.09. The summed E-state index contributed by atoms with van der Waals surface area (Å²) in [5.41, 5.74) is 5.12. The van der Waals surface area contributed by atoms with Crippen molar-refractivity contribution in [2.75, 3.05) is 13.1 Å². The highest BCUT2D eigenvalue weighted by Gasteiger charge is 2.51. The monoisotopic (exact) mass is 319 g/mol. The van der Waals surface area contributed by atoms with Crippen LogP contribution in [0.5, 0.6) is 0 Å². The molecule has 1 aliphatic rings. The number of alkyl halides is 3. The van der Waals surface area contributed by atoms with Crippen LogP contribution in [0.15, 0.2) is 6.33 Å². The molecule has 0 saturated carbocycles. The van der Waals surface area contributed by atoms with Crippen LogP contribution in [0.3, 0.4) is 0 Å². The highest BCUT2D eigenvalue weighted by molar-refractivity contribution is 5.77. The van der Waals surface area contributed by atoms with Crippen LogP contribution in [-0.4, -0.2) is 44.8 Å². The van der Waals surface area contributed by atoms with E-state index in [1.54, 1.807) is 9.58 Å². The van der Waals surface area contributed by atoms with Crippen LogP contribution < -0.4 is 5.73 Å². The molecule has 0 unspecified atom stereocenters. The van der Waals surface area contributed by atoms with Crippen molar-refractivity contribution in [1.29, 1.82) is 0 Å². The molecule has 2 N–H and O–H groups in total. The van der Waals surface area contributed by atoms with Crippen LogP contribution >= 0.6 is 0 Å². The summed E-state index contributed by atoms with van der Waals surface area (Å²) in [4.78, 5) is 16.9. The number of aromatic nitrogens is 3. The predicted molar refractivity (Wildman–Crippen MR) is 72.4 cm³/mol. The van der Waals surface area contributed by atoms with Gasteiger partial charge in [-0.2, -0.15) is 18.3 Å². The fraction of sp³-hybridized carbons (Fsp3) is 0.769. The maximum atomic E-state index is 13.0. The van der Waals surface area contributed by atoms with E-state index in [-0.39, 0.29) is 19.6 Å². The molecule has 1 saturated heterocycles. The van der Waals surface area contributed by atoms with E-state index >= 15 is 0 Å². The summed E-state index contributed by atoms with van der Waals surface area (Å²) in [7, 11) is 0. The van der Waals surface area contributed by atoms with Gasteiger partial charge in [0, 0.05) is 19.6 Å². The highest BCUT2D eigenvalue weighted by atomic mass is 19.4. The largest absolute Gasteiger partial charge is 0.393 e. The van der Waals surface area contributed by atoms with Crippen molar-refractivity contribution in [2.45, 2.75) is 33.1 Å². The third-order valence-electron chi connectivity index (χ3n) is 3.78. The molecule has 9 heteroatoms. The van der Waals surface area contributed by atoms with Crippen molar-refractivity contribution < 1.29 is 18.0 Å². The second kappa shape index (κ2) is 6.23. The van der Waals surface area contributed by atoms with E-state index in [9.17, 15) is 18.0 Å². The molecule has 0 aromatic carbocycles. The molecule has 1 aliphatic heterocycles. The first-order valence-electron chi connectivity index (χ1n) is 7.13. The number of hydrogen-bond donors (Lipinski definition) is 1. The second-order valence-electron chi connectivity index (χ2n) is 6.10. The van der Waals surface area contributed by atoms with Gasteiger partial charge in [0.05, 0.1) is 18.4 Å². The summed E-state index contributed by atoms with van der Waals surface area (Å²) >= 11 is 0. The van der Waals surface area contributed by atoms with Gasteiger partial charge in [-0.1, -0.05) is 13.8 Å². The van der Waals surface area contributed by atoms with Gasteiger partial charge in [-0.05, 0) is 5.92 Å². The van der Waals surface area contributed by atoms with Gasteiger partial charge in [-0.3, -0.25) is 9.69 Å². The number of amides is 1. The smallest absolute Gasteiger partial charge is 0.369 e. The maximum Gasteiger partial charge on any atom is 0.393 e. The molecular formula is C13H20F3N5O. The lowest BCUT2D eigenvalue weighted by Gasteiger charge is -2.18. The van der Waals surface area contributed by atoms with Gasteiger partial charge in [0.2, 0.25) is 5.91 Å². The quantitative estimate of drug-likeness (QED) is 0.879. The SMILES string of the molecule is CC(C)Cn1ncnc1CN1C[C@@H](C(F)(F)F)[C@H](C(N)=O)C1. The number of likely N-dealkylation sites (tertiary alicyclic amines) is 1. The molecule has 0 aliphatic carbocycles. The van der Waals surface area contributed by atoms with Crippen LogP contribution in [0.1, 0.15) is 19.7 Å². The molecule has 124 valence electrons. The molecule has 0 radical (unpaired) electrons. The Kier molecular flexibility index (Phi) is 4.74. The van der Waals surface area contributed by atoms with Gasteiger partial charge in [-0.15, -0.1) is 0 Å². The average Bonchev–Trinajstić information content (AvgIpc) is 2.96. The average molecular weight is 319 g/mol. The van der Waals surface area contributed by atoms with Gasteiger partial charge in [0.1, 0.15) is 12.2 Å². The fourth-order valence-corrected chi connectivity index (χ4v) is 2.74. The molecule has 1 aromatic rings.